The Balaban J connectivity index is 1.77. The molecule has 2 heterocycles. The number of fused-ring (bicyclic) bond motifs is 1. The maximum Gasteiger partial charge on any atom is 0.163 e. The van der Waals surface area contributed by atoms with Crippen LogP contribution in [0.3, 0.4) is 0 Å². The number of benzene rings is 2. The van der Waals surface area contributed by atoms with Gasteiger partial charge in [-0.25, -0.2) is 0 Å². The highest BCUT2D eigenvalue weighted by atomic mass is 28.3. The molecule has 2 atom stereocenters. The Morgan fingerprint density at radius 2 is 1.18 bits per heavy atom. The summed E-state index contributed by atoms with van der Waals surface area (Å²) in [7, 11) is -1.79. The smallest absolute Gasteiger partial charge is 0.163 e. The number of ether oxygens (including phenoxy) is 2. The Labute approximate surface area is 133 Å². The summed E-state index contributed by atoms with van der Waals surface area (Å²) in [6.07, 6.45) is 0.476. The quantitative estimate of drug-likeness (QED) is 0.794. The third-order valence-corrected chi connectivity index (χ3v) is 10.1. The minimum atomic E-state index is -1.79. The monoisotopic (exact) mass is 310 g/mol. The molecule has 0 saturated carbocycles. The van der Waals surface area contributed by atoms with Gasteiger partial charge in [-0.2, -0.15) is 0 Å². The lowest BCUT2D eigenvalue weighted by Crippen LogP contribution is -2.57. The van der Waals surface area contributed by atoms with Crippen LogP contribution in [0.2, 0.25) is 12.1 Å². The zero-order valence-electron chi connectivity index (χ0n) is 13.2. The summed E-state index contributed by atoms with van der Waals surface area (Å²) in [6.45, 7) is 4.05. The van der Waals surface area contributed by atoms with E-state index in [1.54, 1.807) is 0 Å². The summed E-state index contributed by atoms with van der Waals surface area (Å²) in [5.41, 5.74) is 0. The predicted molar refractivity (Wildman–Crippen MR) is 91.3 cm³/mol. The molecule has 3 heteroatoms. The van der Waals surface area contributed by atoms with Gasteiger partial charge in [0.1, 0.15) is 8.07 Å². The van der Waals surface area contributed by atoms with Crippen LogP contribution in [-0.2, 0) is 9.47 Å². The van der Waals surface area contributed by atoms with Crippen LogP contribution in [-0.4, -0.2) is 26.1 Å². The summed E-state index contributed by atoms with van der Waals surface area (Å²) < 4.78 is 12.4. The van der Waals surface area contributed by atoms with E-state index in [-0.39, 0.29) is 12.2 Å². The van der Waals surface area contributed by atoms with E-state index in [9.17, 15) is 0 Å². The molecule has 0 spiro atoms. The Morgan fingerprint density at radius 1 is 0.773 bits per heavy atom. The molecule has 2 fully saturated rings. The SMILES string of the molecule is CC1(C)O[C@H]2C[Si](c3ccccc3)(c3ccccc3)C[C@H]2O1. The second-order valence-corrected chi connectivity index (χ2v) is 11.1. The lowest BCUT2D eigenvalue weighted by atomic mass is 10.3. The van der Waals surface area contributed by atoms with E-state index in [4.69, 9.17) is 9.47 Å². The fourth-order valence-electron chi connectivity index (χ4n) is 4.18. The molecule has 0 N–H and O–H groups in total. The van der Waals surface area contributed by atoms with Gasteiger partial charge < -0.3 is 9.47 Å². The van der Waals surface area contributed by atoms with Crippen molar-refractivity contribution in [2.75, 3.05) is 0 Å². The fourth-order valence-corrected chi connectivity index (χ4v) is 9.35. The van der Waals surface area contributed by atoms with Gasteiger partial charge in [0.2, 0.25) is 0 Å². The van der Waals surface area contributed by atoms with E-state index < -0.39 is 13.9 Å². The molecule has 0 bridgehead atoms. The van der Waals surface area contributed by atoms with E-state index in [1.165, 1.54) is 10.4 Å². The van der Waals surface area contributed by atoms with Crippen molar-refractivity contribution in [3.05, 3.63) is 60.7 Å². The molecular formula is C19H22O2Si. The molecule has 114 valence electrons. The van der Waals surface area contributed by atoms with Gasteiger partial charge in [0.15, 0.2) is 5.79 Å². The van der Waals surface area contributed by atoms with Crippen LogP contribution in [0.1, 0.15) is 13.8 Å². The minimum absolute atomic E-state index is 0.238. The van der Waals surface area contributed by atoms with Gasteiger partial charge in [-0.1, -0.05) is 71.0 Å². The van der Waals surface area contributed by atoms with E-state index in [2.05, 4.69) is 60.7 Å². The minimum Gasteiger partial charge on any atom is -0.345 e. The molecule has 2 nitrogen and oxygen atoms in total. The zero-order chi connectivity index (χ0) is 15.2. The number of hydrogen-bond donors (Lipinski definition) is 0. The standard InChI is InChI=1S/C19H22O2Si/c1-19(2)20-17-13-22(14-18(17)21-19,15-9-5-3-6-10-15)16-11-7-4-8-12-16/h3-12,17-18H,13-14H2,1-2H3/t17-,18+. The first-order chi connectivity index (χ1) is 10.6. The maximum atomic E-state index is 6.18. The molecule has 4 rings (SSSR count). The second kappa shape index (κ2) is 5.05. The molecule has 0 radical (unpaired) electrons. The predicted octanol–water partition coefficient (Wildman–Crippen LogP) is 2.78. The van der Waals surface area contributed by atoms with Gasteiger partial charge in [-0.15, -0.1) is 0 Å². The summed E-state index contributed by atoms with van der Waals surface area (Å²) in [4.78, 5) is 0. The van der Waals surface area contributed by atoms with Crippen molar-refractivity contribution < 1.29 is 9.47 Å². The Morgan fingerprint density at radius 3 is 1.59 bits per heavy atom. The molecule has 0 unspecified atom stereocenters. The molecule has 0 amide bonds. The summed E-state index contributed by atoms with van der Waals surface area (Å²) in [5.74, 6) is -0.427. The Hall–Kier alpha value is -1.42. The second-order valence-electron chi connectivity index (χ2n) is 6.93. The molecule has 0 aliphatic carbocycles. The Kier molecular flexibility index (Phi) is 3.26. The molecule has 2 aliphatic rings. The molecule has 22 heavy (non-hydrogen) atoms. The van der Waals surface area contributed by atoms with Crippen molar-refractivity contribution in [2.24, 2.45) is 0 Å². The summed E-state index contributed by atoms with van der Waals surface area (Å²) in [6, 6.07) is 24.3. The average molecular weight is 310 g/mol. The molecule has 2 aromatic rings. The fraction of sp³-hybridized carbons (Fsp3) is 0.368. The highest BCUT2D eigenvalue weighted by Crippen LogP contribution is 2.43. The first kappa shape index (κ1) is 14.2. The third kappa shape index (κ3) is 2.24. The highest BCUT2D eigenvalue weighted by molar-refractivity contribution is 7.03. The van der Waals surface area contributed by atoms with E-state index in [0.717, 1.165) is 12.1 Å². The van der Waals surface area contributed by atoms with Gasteiger partial charge in [-0.05, 0) is 25.9 Å². The third-order valence-electron chi connectivity index (χ3n) is 5.04. The Bertz CT molecular complexity index is 596. The summed E-state index contributed by atoms with van der Waals surface area (Å²) >= 11 is 0. The van der Waals surface area contributed by atoms with Crippen molar-refractivity contribution >= 4 is 18.4 Å². The van der Waals surface area contributed by atoms with Crippen molar-refractivity contribution in [1.82, 2.24) is 0 Å². The van der Waals surface area contributed by atoms with E-state index >= 15 is 0 Å². The first-order valence-electron chi connectivity index (χ1n) is 8.06. The van der Waals surface area contributed by atoms with Gasteiger partial charge >= 0.3 is 0 Å². The lowest BCUT2D eigenvalue weighted by Gasteiger charge is -2.31. The van der Waals surface area contributed by atoms with Crippen molar-refractivity contribution in [3.63, 3.8) is 0 Å². The molecule has 2 aliphatic heterocycles. The van der Waals surface area contributed by atoms with Gasteiger partial charge in [0.05, 0.1) is 12.2 Å². The van der Waals surface area contributed by atoms with Crippen LogP contribution < -0.4 is 10.4 Å². The number of rotatable bonds is 2. The zero-order valence-corrected chi connectivity index (χ0v) is 14.2. The van der Waals surface area contributed by atoms with Gasteiger partial charge in [-0.3, -0.25) is 0 Å². The van der Waals surface area contributed by atoms with Crippen LogP contribution in [0.25, 0.3) is 0 Å². The normalized spacial score (nSPS) is 28.5. The topological polar surface area (TPSA) is 18.5 Å². The summed E-state index contributed by atoms with van der Waals surface area (Å²) in [5, 5.41) is 3.00. The van der Waals surface area contributed by atoms with Crippen LogP contribution in [0.4, 0.5) is 0 Å². The van der Waals surface area contributed by atoms with E-state index in [0.29, 0.717) is 0 Å². The van der Waals surface area contributed by atoms with Crippen molar-refractivity contribution in [2.45, 2.75) is 43.9 Å². The van der Waals surface area contributed by atoms with Gasteiger partial charge in [0, 0.05) is 0 Å². The maximum absolute atomic E-state index is 6.18. The van der Waals surface area contributed by atoms with Crippen LogP contribution in [0, 0.1) is 0 Å². The van der Waals surface area contributed by atoms with Crippen LogP contribution in [0.15, 0.2) is 60.7 Å². The largest absolute Gasteiger partial charge is 0.345 e. The molecule has 2 aromatic carbocycles. The molecule has 2 saturated heterocycles. The van der Waals surface area contributed by atoms with Crippen LogP contribution >= 0.6 is 0 Å². The first-order valence-corrected chi connectivity index (χ1v) is 10.5. The van der Waals surface area contributed by atoms with Crippen LogP contribution in [0.5, 0.6) is 0 Å². The molecule has 0 aromatic heterocycles. The van der Waals surface area contributed by atoms with Gasteiger partial charge in [0.25, 0.3) is 0 Å². The molecular weight excluding hydrogens is 288 g/mol. The number of hydrogen-bond acceptors (Lipinski definition) is 2. The average Bonchev–Trinajstić information content (AvgIpc) is 3.00. The van der Waals surface area contributed by atoms with Crippen molar-refractivity contribution in [3.8, 4) is 0 Å². The van der Waals surface area contributed by atoms with E-state index in [1.807, 2.05) is 13.8 Å². The van der Waals surface area contributed by atoms with Crippen molar-refractivity contribution in [1.29, 1.82) is 0 Å². The lowest BCUT2D eigenvalue weighted by molar-refractivity contribution is -0.144. The highest BCUT2D eigenvalue weighted by Gasteiger charge is 2.56.